The Labute approximate surface area is 262 Å². The van der Waals surface area contributed by atoms with Crippen LogP contribution in [0.3, 0.4) is 0 Å². The molecule has 0 atom stereocenters. The van der Waals surface area contributed by atoms with Crippen molar-refractivity contribution in [2.45, 2.75) is 21.2 Å². The number of rotatable bonds is 14. The first kappa shape index (κ1) is 34.0. The second kappa shape index (κ2) is 13.6. The number of benzene rings is 3. The van der Waals surface area contributed by atoms with Crippen LogP contribution in [0, 0.1) is 0 Å². The number of sulfonamides is 4. The third-order valence-electron chi connectivity index (χ3n) is 6.42. The summed E-state index contributed by atoms with van der Waals surface area (Å²) in [5.41, 5.74) is 0.191. The Morgan fingerprint density at radius 2 is 1.13 bits per heavy atom. The van der Waals surface area contributed by atoms with Crippen molar-refractivity contribution < 1.29 is 43.1 Å². The topological polar surface area (TPSA) is 174 Å². The van der Waals surface area contributed by atoms with Crippen LogP contribution in [-0.4, -0.2) is 72.6 Å². The quantitative estimate of drug-likeness (QED) is 0.190. The minimum atomic E-state index is -4.97. The lowest BCUT2D eigenvalue weighted by Gasteiger charge is -2.25. The molecule has 4 aromatic rings. The van der Waals surface area contributed by atoms with Gasteiger partial charge in [-0.2, -0.15) is 0 Å². The van der Waals surface area contributed by atoms with Crippen molar-refractivity contribution in [3.63, 3.8) is 0 Å². The Kier molecular flexibility index (Phi) is 10.3. The minimum absolute atomic E-state index is 0.00591. The fourth-order valence-electron chi connectivity index (χ4n) is 4.15. The van der Waals surface area contributed by atoms with Gasteiger partial charge in [-0.25, -0.2) is 33.7 Å². The zero-order chi connectivity index (χ0) is 32.9. The van der Waals surface area contributed by atoms with E-state index in [1.165, 1.54) is 81.2 Å². The van der Waals surface area contributed by atoms with Crippen LogP contribution in [0.2, 0.25) is 0 Å². The van der Waals surface area contributed by atoms with Crippen molar-refractivity contribution in [1.29, 1.82) is 0 Å². The predicted octanol–water partition coefficient (Wildman–Crippen LogP) is 2.70. The van der Waals surface area contributed by atoms with Crippen molar-refractivity contribution in [2.24, 2.45) is 0 Å². The maximum absolute atomic E-state index is 13.9. The summed E-state index contributed by atoms with van der Waals surface area (Å²) in [6, 6.07) is 19.6. The van der Waals surface area contributed by atoms with Gasteiger partial charge in [0.15, 0.2) is 11.5 Å². The highest BCUT2D eigenvalue weighted by molar-refractivity contribution is 8.05. The van der Waals surface area contributed by atoms with Gasteiger partial charge in [0.2, 0.25) is 10.0 Å². The highest BCUT2D eigenvalue weighted by Gasteiger charge is 2.41. The summed E-state index contributed by atoms with van der Waals surface area (Å²) in [5, 5.41) is 0. The molecule has 240 valence electrons. The summed E-state index contributed by atoms with van der Waals surface area (Å²) in [5.74, 6) is -1.03. The average Bonchev–Trinajstić information content (AvgIpc) is 3.04. The molecule has 0 unspecified atom stereocenters. The molecule has 13 nitrogen and oxygen atoms in total. The Hall–Kier alpha value is -3.87. The molecule has 0 fully saturated rings. The summed E-state index contributed by atoms with van der Waals surface area (Å²) in [4.78, 5) is 2.62. The molecule has 4 rings (SSSR count). The van der Waals surface area contributed by atoms with E-state index in [2.05, 4.69) is 4.98 Å². The van der Waals surface area contributed by atoms with Gasteiger partial charge < -0.3 is 9.47 Å². The molecule has 0 spiro atoms. The zero-order valence-corrected chi connectivity index (χ0v) is 27.3. The molecule has 3 aromatic carbocycles. The van der Waals surface area contributed by atoms with Crippen LogP contribution in [0.5, 0.6) is 11.5 Å². The van der Waals surface area contributed by atoms with Crippen molar-refractivity contribution >= 4 is 40.1 Å². The van der Waals surface area contributed by atoms with Crippen LogP contribution in [-0.2, 0) is 46.6 Å². The van der Waals surface area contributed by atoms with Crippen LogP contribution in [0.4, 0.5) is 0 Å². The van der Waals surface area contributed by atoms with Crippen molar-refractivity contribution in [2.75, 3.05) is 26.5 Å². The van der Waals surface area contributed by atoms with Gasteiger partial charge in [0.05, 0.1) is 41.2 Å². The summed E-state index contributed by atoms with van der Waals surface area (Å²) >= 11 is 0. The molecule has 45 heavy (non-hydrogen) atoms. The molecular weight excluding hydrogens is 667 g/mol. The number of methoxy groups -OCH3 is 2. The first-order valence-corrected chi connectivity index (χ1v) is 18.9. The highest BCUT2D eigenvalue weighted by atomic mass is 32.3. The van der Waals surface area contributed by atoms with E-state index in [9.17, 15) is 33.7 Å². The fraction of sp³-hybridized carbons (Fsp3) is 0.179. The van der Waals surface area contributed by atoms with E-state index in [1.54, 1.807) is 0 Å². The Bertz CT molecular complexity index is 1990. The van der Waals surface area contributed by atoms with Crippen molar-refractivity contribution in [3.05, 3.63) is 109 Å². The lowest BCUT2D eigenvalue weighted by atomic mass is 10.3. The van der Waals surface area contributed by atoms with Crippen molar-refractivity contribution in [3.8, 4) is 11.5 Å². The molecule has 0 aliphatic heterocycles. The first-order chi connectivity index (χ1) is 21.2. The SMILES string of the molecule is COc1ccc(S(=O)(=O)N(Cc2cccnc2)S(=O)(=O)CCN(S(=O)(=O)c2ccccc2)S(=O)(=O)c2ccccc2)cc1OC. The van der Waals surface area contributed by atoms with Crippen LogP contribution in [0.25, 0.3) is 0 Å². The molecule has 17 heteroatoms. The van der Waals surface area contributed by atoms with Gasteiger partial charge in [-0.1, -0.05) is 49.9 Å². The van der Waals surface area contributed by atoms with Crippen LogP contribution in [0.1, 0.15) is 5.56 Å². The Morgan fingerprint density at radius 3 is 1.62 bits per heavy atom. The van der Waals surface area contributed by atoms with Gasteiger partial charge in [0, 0.05) is 25.0 Å². The van der Waals surface area contributed by atoms with E-state index in [-0.39, 0.29) is 24.5 Å². The number of pyridine rings is 1. The monoisotopic (exact) mass is 695 g/mol. The summed E-state index contributed by atoms with van der Waals surface area (Å²) in [6.45, 7) is -1.86. The van der Waals surface area contributed by atoms with Gasteiger partial charge in [0.1, 0.15) is 0 Å². The summed E-state index contributed by atoms with van der Waals surface area (Å²) in [6.07, 6.45) is 2.67. The standard InChI is InChI=1S/C28H29N3O10S4/c1-40-27-16-15-26(20-28(27)41-2)45(38,39)31(22-23-10-9-17-29-21-23)42(32,33)19-18-30(43(34,35)24-11-5-3-6-12-24)44(36,37)25-13-7-4-8-14-25/h3-17,20-21H,18-19,22H2,1-2H3. The van der Waals surface area contributed by atoms with Crippen LogP contribution < -0.4 is 9.47 Å². The smallest absolute Gasteiger partial charge is 0.256 e. The van der Waals surface area contributed by atoms with Gasteiger partial charge in [-0.3, -0.25) is 4.98 Å². The molecule has 1 aromatic heterocycles. The number of nitrogens with zero attached hydrogens (tertiary/aromatic N) is 3. The molecule has 1 heterocycles. The van der Waals surface area contributed by atoms with E-state index < -0.39 is 73.6 Å². The van der Waals surface area contributed by atoms with Gasteiger partial charge in [-0.05, 0) is 48.0 Å². The maximum atomic E-state index is 13.9. The van der Waals surface area contributed by atoms with Gasteiger partial charge in [0.25, 0.3) is 30.1 Å². The average molecular weight is 696 g/mol. The number of aromatic nitrogens is 1. The second-order valence-electron chi connectivity index (χ2n) is 9.26. The van der Waals surface area contributed by atoms with Crippen molar-refractivity contribution in [1.82, 2.24) is 12.4 Å². The normalized spacial score (nSPS) is 12.7. The number of hydrogen-bond donors (Lipinski definition) is 0. The van der Waals surface area contributed by atoms with E-state index in [4.69, 9.17) is 9.47 Å². The predicted molar refractivity (Wildman–Crippen MR) is 164 cm³/mol. The Balaban J connectivity index is 1.80. The van der Waals surface area contributed by atoms with Gasteiger partial charge >= 0.3 is 0 Å². The molecule has 0 amide bonds. The van der Waals surface area contributed by atoms with E-state index >= 15 is 0 Å². The second-order valence-corrected chi connectivity index (χ2v) is 17.3. The molecule has 0 N–H and O–H groups in total. The van der Waals surface area contributed by atoms with E-state index in [0.29, 0.717) is 0 Å². The summed E-state index contributed by atoms with van der Waals surface area (Å²) < 4.78 is 121. The zero-order valence-electron chi connectivity index (χ0n) is 24.0. The molecular formula is C28H29N3O10S4. The molecule has 0 saturated carbocycles. The maximum Gasteiger partial charge on any atom is 0.256 e. The third-order valence-corrected chi connectivity index (χ3v) is 15.0. The van der Waals surface area contributed by atoms with Crippen LogP contribution >= 0.6 is 0 Å². The largest absolute Gasteiger partial charge is 0.493 e. The number of ether oxygens (including phenoxy) is 2. The number of hydrogen-bond acceptors (Lipinski definition) is 11. The molecule has 0 bridgehead atoms. The highest BCUT2D eigenvalue weighted by Crippen LogP contribution is 2.32. The van der Waals surface area contributed by atoms with Crippen LogP contribution in [0.15, 0.2) is 118 Å². The minimum Gasteiger partial charge on any atom is -0.493 e. The van der Waals surface area contributed by atoms with Gasteiger partial charge in [-0.15, -0.1) is 0 Å². The van der Waals surface area contributed by atoms with E-state index in [1.807, 2.05) is 0 Å². The Morgan fingerprint density at radius 1 is 0.600 bits per heavy atom. The molecule has 0 saturated heterocycles. The first-order valence-electron chi connectivity index (χ1n) is 13.0. The molecule has 0 aliphatic rings. The third kappa shape index (κ3) is 7.34. The fourth-order valence-corrected chi connectivity index (χ4v) is 11.8. The summed E-state index contributed by atoms with van der Waals surface area (Å²) in [7, 11) is -16.9. The molecule has 0 radical (unpaired) electrons. The van der Waals surface area contributed by atoms with E-state index in [0.717, 1.165) is 36.4 Å². The molecule has 0 aliphatic carbocycles. The lowest BCUT2D eigenvalue weighted by molar-refractivity contribution is 0.353. The lowest BCUT2D eigenvalue weighted by Crippen LogP contribution is -2.44.